The van der Waals surface area contributed by atoms with Crippen LogP contribution in [0.5, 0.6) is 11.5 Å². The molecule has 5 heteroatoms. The first-order valence-electron chi connectivity index (χ1n) is 6.72. The Bertz CT molecular complexity index is 515. The Labute approximate surface area is 123 Å². The third-order valence-electron chi connectivity index (χ3n) is 2.84. The summed E-state index contributed by atoms with van der Waals surface area (Å²) >= 11 is 1.60. The van der Waals surface area contributed by atoms with Crippen LogP contribution >= 0.6 is 11.3 Å². The van der Waals surface area contributed by atoms with E-state index in [0.717, 1.165) is 41.6 Å². The number of benzene rings is 1. The predicted molar refractivity (Wildman–Crippen MR) is 81.4 cm³/mol. The van der Waals surface area contributed by atoms with Gasteiger partial charge in [-0.25, -0.2) is 4.98 Å². The molecule has 1 aromatic carbocycles. The van der Waals surface area contributed by atoms with Crippen molar-refractivity contribution in [2.24, 2.45) is 0 Å². The van der Waals surface area contributed by atoms with Gasteiger partial charge in [-0.3, -0.25) is 0 Å². The summed E-state index contributed by atoms with van der Waals surface area (Å²) in [4.78, 5) is 4.22. The van der Waals surface area contributed by atoms with Crippen LogP contribution in [0.2, 0.25) is 0 Å². The first-order chi connectivity index (χ1) is 9.83. The highest BCUT2D eigenvalue weighted by atomic mass is 32.1. The average molecular weight is 292 g/mol. The van der Waals surface area contributed by atoms with E-state index in [9.17, 15) is 0 Å². The van der Waals surface area contributed by atoms with E-state index >= 15 is 0 Å². The molecule has 0 atom stereocenters. The summed E-state index contributed by atoms with van der Waals surface area (Å²) in [5.41, 5.74) is 1.11. The van der Waals surface area contributed by atoms with Crippen molar-refractivity contribution in [3.8, 4) is 11.5 Å². The highest BCUT2D eigenvalue weighted by Gasteiger charge is 2.07. The van der Waals surface area contributed by atoms with E-state index in [1.807, 2.05) is 23.6 Å². The summed E-state index contributed by atoms with van der Waals surface area (Å²) in [6.07, 6.45) is 2.90. The second kappa shape index (κ2) is 7.87. The molecule has 0 saturated carbocycles. The SMILES string of the molecule is CCCNCc1cc(OC)ccc1OCc1nccs1. The normalized spacial score (nSPS) is 10.5. The fourth-order valence-corrected chi connectivity index (χ4v) is 2.35. The number of nitrogens with one attached hydrogen (secondary N) is 1. The molecular weight excluding hydrogens is 272 g/mol. The lowest BCUT2D eigenvalue weighted by molar-refractivity contribution is 0.300. The Hall–Kier alpha value is -1.59. The summed E-state index contributed by atoms with van der Waals surface area (Å²) in [6, 6.07) is 5.88. The van der Waals surface area contributed by atoms with E-state index in [4.69, 9.17) is 9.47 Å². The zero-order valence-electron chi connectivity index (χ0n) is 11.9. The van der Waals surface area contributed by atoms with Crippen LogP contribution in [0, 0.1) is 0 Å². The lowest BCUT2D eigenvalue weighted by atomic mass is 10.2. The van der Waals surface area contributed by atoms with Gasteiger partial charge in [0.25, 0.3) is 0 Å². The summed E-state index contributed by atoms with van der Waals surface area (Å²) in [7, 11) is 1.68. The van der Waals surface area contributed by atoms with Gasteiger partial charge in [0, 0.05) is 23.7 Å². The molecule has 0 aliphatic carbocycles. The molecule has 0 unspecified atom stereocenters. The van der Waals surface area contributed by atoms with Crippen LogP contribution in [0.4, 0.5) is 0 Å². The largest absolute Gasteiger partial charge is 0.497 e. The Morgan fingerprint density at radius 3 is 2.95 bits per heavy atom. The summed E-state index contributed by atoms with van der Waals surface area (Å²) in [6.45, 7) is 4.42. The lowest BCUT2D eigenvalue weighted by Gasteiger charge is -2.13. The van der Waals surface area contributed by atoms with Crippen LogP contribution in [-0.2, 0) is 13.2 Å². The highest BCUT2D eigenvalue weighted by molar-refractivity contribution is 7.09. The van der Waals surface area contributed by atoms with Gasteiger partial charge in [-0.15, -0.1) is 11.3 Å². The quantitative estimate of drug-likeness (QED) is 0.759. The van der Waals surface area contributed by atoms with Crippen LogP contribution < -0.4 is 14.8 Å². The van der Waals surface area contributed by atoms with E-state index in [-0.39, 0.29) is 0 Å². The molecule has 0 spiro atoms. The van der Waals surface area contributed by atoms with Crippen LogP contribution in [0.1, 0.15) is 23.9 Å². The molecule has 0 aliphatic rings. The van der Waals surface area contributed by atoms with E-state index in [0.29, 0.717) is 6.61 Å². The minimum absolute atomic E-state index is 0.505. The topological polar surface area (TPSA) is 43.4 Å². The molecule has 0 bridgehead atoms. The number of hydrogen-bond acceptors (Lipinski definition) is 5. The summed E-state index contributed by atoms with van der Waals surface area (Å²) in [5.74, 6) is 1.73. The van der Waals surface area contributed by atoms with Gasteiger partial charge in [-0.1, -0.05) is 6.92 Å². The first kappa shape index (κ1) is 14.8. The van der Waals surface area contributed by atoms with Gasteiger partial charge < -0.3 is 14.8 Å². The molecule has 2 aromatic rings. The molecule has 1 N–H and O–H groups in total. The van der Waals surface area contributed by atoms with Gasteiger partial charge in [0.15, 0.2) is 0 Å². The highest BCUT2D eigenvalue weighted by Crippen LogP contribution is 2.25. The molecule has 0 amide bonds. The van der Waals surface area contributed by atoms with Crippen LogP contribution in [-0.4, -0.2) is 18.6 Å². The number of methoxy groups -OCH3 is 1. The minimum Gasteiger partial charge on any atom is -0.497 e. The van der Waals surface area contributed by atoms with Crippen molar-refractivity contribution < 1.29 is 9.47 Å². The Morgan fingerprint density at radius 2 is 2.25 bits per heavy atom. The number of nitrogens with zero attached hydrogens (tertiary/aromatic N) is 1. The maximum atomic E-state index is 5.86. The van der Waals surface area contributed by atoms with Crippen molar-refractivity contribution in [1.29, 1.82) is 0 Å². The smallest absolute Gasteiger partial charge is 0.140 e. The Kier molecular flexibility index (Phi) is 5.83. The number of thiazole rings is 1. The molecule has 0 aliphatic heterocycles. The number of aromatic nitrogens is 1. The van der Waals surface area contributed by atoms with Crippen molar-refractivity contribution in [2.75, 3.05) is 13.7 Å². The second-order valence-electron chi connectivity index (χ2n) is 4.36. The molecule has 0 radical (unpaired) electrons. The standard InChI is InChI=1S/C15H20N2O2S/c1-3-6-16-10-12-9-13(18-2)4-5-14(12)19-11-15-17-7-8-20-15/h4-5,7-9,16H,3,6,10-11H2,1-2H3. The van der Waals surface area contributed by atoms with Gasteiger partial charge in [-0.2, -0.15) is 0 Å². The van der Waals surface area contributed by atoms with Crippen LogP contribution in [0.3, 0.4) is 0 Å². The molecule has 0 fully saturated rings. The number of ether oxygens (including phenoxy) is 2. The lowest BCUT2D eigenvalue weighted by Crippen LogP contribution is -2.14. The number of hydrogen-bond donors (Lipinski definition) is 1. The third kappa shape index (κ3) is 4.21. The van der Waals surface area contributed by atoms with Crippen molar-refractivity contribution in [3.05, 3.63) is 40.3 Å². The zero-order valence-corrected chi connectivity index (χ0v) is 12.7. The molecular formula is C15H20N2O2S. The molecule has 108 valence electrons. The average Bonchev–Trinajstić information content (AvgIpc) is 2.99. The fourth-order valence-electron chi connectivity index (χ4n) is 1.83. The fraction of sp³-hybridized carbons (Fsp3) is 0.400. The van der Waals surface area contributed by atoms with Gasteiger partial charge >= 0.3 is 0 Å². The van der Waals surface area contributed by atoms with Crippen molar-refractivity contribution in [2.45, 2.75) is 26.5 Å². The molecule has 4 nitrogen and oxygen atoms in total. The van der Waals surface area contributed by atoms with Gasteiger partial charge in [0.1, 0.15) is 23.1 Å². The molecule has 0 saturated heterocycles. The monoisotopic (exact) mass is 292 g/mol. The van der Waals surface area contributed by atoms with Crippen molar-refractivity contribution >= 4 is 11.3 Å². The van der Waals surface area contributed by atoms with E-state index < -0.39 is 0 Å². The first-order valence-corrected chi connectivity index (χ1v) is 7.60. The van der Waals surface area contributed by atoms with Crippen LogP contribution in [0.25, 0.3) is 0 Å². The molecule has 1 heterocycles. The molecule has 20 heavy (non-hydrogen) atoms. The van der Waals surface area contributed by atoms with Gasteiger partial charge in [0.05, 0.1) is 7.11 Å². The third-order valence-corrected chi connectivity index (χ3v) is 3.60. The van der Waals surface area contributed by atoms with E-state index in [1.165, 1.54) is 0 Å². The summed E-state index contributed by atoms with van der Waals surface area (Å²) in [5, 5.41) is 6.32. The second-order valence-corrected chi connectivity index (χ2v) is 5.34. The van der Waals surface area contributed by atoms with E-state index in [1.54, 1.807) is 24.6 Å². The Balaban J connectivity index is 2.04. The predicted octanol–water partition coefficient (Wildman–Crippen LogP) is 3.23. The van der Waals surface area contributed by atoms with Gasteiger partial charge in [0.2, 0.25) is 0 Å². The van der Waals surface area contributed by atoms with Crippen LogP contribution in [0.15, 0.2) is 29.8 Å². The van der Waals surface area contributed by atoms with Crippen molar-refractivity contribution in [3.63, 3.8) is 0 Å². The molecule has 1 aromatic heterocycles. The summed E-state index contributed by atoms with van der Waals surface area (Å²) < 4.78 is 11.1. The number of rotatable bonds is 8. The zero-order chi connectivity index (χ0) is 14.2. The maximum Gasteiger partial charge on any atom is 0.140 e. The molecule has 2 rings (SSSR count). The minimum atomic E-state index is 0.505. The Morgan fingerprint density at radius 1 is 1.35 bits per heavy atom. The maximum absolute atomic E-state index is 5.86. The van der Waals surface area contributed by atoms with Crippen molar-refractivity contribution in [1.82, 2.24) is 10.3 Å². The van der Waals surface area contributed by atoms with E-state index in [2.05, 4.69) is 17.2 Å². The van der Waals surface area contributed by atoms with Gasteiger partial charge in [-0.05, 0) is 31.2 Å².